The van der Waals surface area contributed by atoms with Gasteiger partial charge in [0.2, 0.25) is 0 Å². The largest absolute Gasteiger partial charge is 0.463 e. The maximum Gasteiger partial charge on any atom is 0.359 e. The van der Waals surface area contributed by atoms with Crippen LogP contribution in [0.3, 0.4) is 0 Å². The second-order valence-corrected chi connectivity index (χ2v) is 8.41. The maximum atomic E-state index is 13.6. The van der Waals surface area contributed by atoms with Crippen LogP contribution < -0.4 is 4.74 Å². The number of benzene rings is 1. The Balaban J connectivity index is 1.35. The first-order valence-electron chi connectivity index (χ1n) is 9.42. The van der Waals surface area contributed by atoms with Gasteiger partial charge in [0.25, 0.3) is 5.19 Å². The van der Waals surface area contributed by atoms with Gasteiger partial charge in [-0.2, -0.15) is 10.1 Å². The maximum absolute atomic E-state index is 13.6. The number of urea groups is 1. The lowest BCUT2D eigenvalue weighted by Gasteiger charge is -2.40. The molecule has 31 heavy (non-hydrogen) atoms. The number of carbonyl (C=O) groups excluding carboxylic acids is 2. The van der Waals surface area contributed by atoms with Crippen LogP contribution in [0.2, 0.25) is 4.34 Å². The quantitative estimate of drug-likeness (QED) is 0.619. The molecule has 0 bridgehead atoms. The van der Waals surface area contributed by atoms with E-state index in [2.05, 4.69) is 10.1 Å². The number of carbonyl (C=O) groups is 2. The van der Waals surface area contributed by atoms with Crippen molar-refractivity contribution in [2.24, 2.45) is 5.10 Å². The van der Waals surface area contributed by atoms with Gasteiger partial charge in [0, 0.05) is 18.7 Å². The molecule has 12 heteroatoms. The fraction of sp³-hybridized carbons (Fsp3) is 0.368. The summed E-state index contributed by atoms with van der Waals surface area (Å²) in [6.07, 6.45) is 1.56. The smallest absolute Gasteiger partial charge is 0.359 e. The predicted octanol–water partition coefficient (Wildman–Crippen LogP) is 3.87. The van der Waals surface area contributed by atoms with E-state index in [0.717, 1.165) is 17.4 Å². The first-order chi connectivity index (χ1) is 14.9. The zero-order valence-electron chi connectivity index (χ0n) is 16.3. The summed E-state index contributed by atoms with van der Waals surface area (Å²) in [5, 5.41) is 5.49. The molecule has 2 amide bonds. The van der Waals surface area contributed by atoms with E-state index in [0.29, 0.717) is 12.0 Å². The SMILES string of the molecule is CCOC(=O)c1nc(OC2CN(C(=O)N3N=CCC3c3cc(F)cc(F)c3)C2)sc1Cl. The van der Waals surface area contributed by atoms with Crippen molar-refractivity contribution in [2.75, 3.05) is 19.7 Å². The summed E-state index contributed by atoms with van der Waals surface area (Å²) in [4.78, 5) is 30.1. The zero-order valence-corrected chi connectivity index (χ0v) is 17.8. The van der Waals surface area contributed by atoms with Crippen LogP contribution in [0.15, 0.2) is 23.3 Å². The number of hydrogen-bond donors (Lipinski definition) is 0. The number of nitrogens with zero attached hydrogens (tertiary/aromatic N) is 4. The van der Waals surface area contributed by atoms with E-state index in [1.807, 2.05) is 0 Å². The second kappa shape index (κ2) is 8.75. The van der Waals surface area contributed by atoms with E-state index in [9.17, 15) is 18.4 Å². The minimum absolute atomic E-state index is 0.00709. The van der Waals surface area contributed by atoms with E-state index >= 15 is 0 Å². The molecule has 164 valence electrons. The number of thiazole rings is 1. The molecule has 1 unspecified atom stereocenters. The number of amides is 2. The Morgan fingerprint density at radius 3 is 2.65 bits per heavy atom. The number of aromatic nitrogens is 1. The van der Waals surface area contributed by atoms with Gasteiger partial charge < -0.3 is 14.4 Å². The topological polar surface area (TPSA) is 84.3 Å². The Morgan fingerprint density at radius 2 is 1.97 bits per heavy atom. The van der Waals surface area contributed by atoms with Crippen molar-refractivity contribution in [1.29, 1.82) is 0 Å². The number of rotatable bonds is 5. The molecule has 0 spiro atoms. The highest BCUT2D eigenvalue weighted by molar-refractivity contribution is 7.17. The molecule has 0 saturated carbocycles. The van der Waals surface area contributed by atoms with Crippen molar-refractivity contribution in [3.8, 4) is 5.19 Å². The number of hydrazone groups is 1. The zero-order chi connectivity index (χ0) is 22.1. The van der Waals surface area contributed by atoms with Crippen molar-refractivity contribution >= 4 is 41.2 Å². The molecule has 4 rings (SSSR count). The normalized spacial score (nSPS) is 18.3. The minimum Gasteiger partial charge on any atom is -0.463 e. The van der Waals surface area contributed by atoms with Gasteiger partial charge in [-0.15, -0.1) is 0 Å². The molecular weight excluding hydrogens is 454 g/mol. The van der Waals surface area contributed by atoms with Gasteiger partial charge in [0.15, 0.2) is 5.69 Å². The average Bonchev–Trinajstić information content (AvgIpc) is 3.30. The highest BCUT2D eigenvalue weighted by Crippen LogP contribution is 2.34. The Bertz CT molecular complexity index is 1020. The Hall–Kier alpha value is -2.79. The molecule has 0 radical (unpaired) electrons. The van der Waals surface area contributed by atoms with Gasteiger partial charge in [-0.1, -0.05) is 22.9 Å². The van der Waals surface area contributed by atoms with Gasteiger partial charge in [0.1, 0.15) is 22.1 Å². The molecule has 2 aromatic rings. The van der Waals surface area contributed by atoms with E-state index < -0.39 is 29.7 Å². The van der Waals surface area contributed by atoms with Gasteiger partial charge in [-0.05, 0) is 24.6 Å². The molecule has 1 atom stereocenters. The van der Waals surface area contributed by atoms with E-state index in [1.54, 1.807) is 6.92 Å². The van der Waals surface area contributed by atoms with Crippen molar-refractivity contribution < 1.29 is 27.8 Å². The van der Waals surface area contributed by atoms with Crippen LogP contribution in [0, 0.1) is 11.6 Å². The fourth-order valence-corrected chi connectivity index (χ4v) is 4.28. The summed E-state index contributed by atoms with van der Waals surface area (Å²) in [6, 6.07) is 2.19. The van der Waals surface area contributed by atoms with E-state index in [4.69, 9.17) is 21.1 Å². The van der Waals surface area contributed by atoms with Crippen molar-refractivity contribution in [2.45, 2.75) is 25.5 Å². The van der Waals surface area contributed by atoms with Crippen LogP contribution in [0.4, 0.5) is 13.6 Å². The predicted molar refractivity (Wildman–Crippen MR) is 109 cm³/mol. The summed E-state index contributed by atoms with van der Waals surface area (Å²) < 4.78 is 37.9. The standard InChI is InChI=1S/C19H17ClF2N4O4S/c1-2-29-17(27)15-16(20)31-18(24-15)30-13-8-25(9-13)19(28)26-14(3-4-23-26)10-5-11(21)7-12(22)6-10/h4-7,13-14H,2-3,8-9H2,1H3. The third-order valence-electron chi connectivity index (χ3n) is 4.72. The first-order valence-corrected chi connectivity index (χ1v) is 10.6. The fourth-order valence-electron chi connectivity index (χ4n) is 3.26. The Morgan fingerprint density at radius 1 is 1.26 bits per heavy atom. The molecule has 2 aliphatic heterocycles. The molecule has 3 heterocycles. The molecule has 1 saturated heterocycles. The lowest BCUT2D eigenvalue weighted by atomic mass is 10.0. The monoisotopic (exact) mass is 470 g/mol. The Labute approximate surface area is 185 Å². The third kappa shape index (κ3) is 4.47. The second-order valence-electron chi connectivity index (χ2n) is 6.85. The summed E-state index contributed by atoms with van der Waals surface area (Å²) in [5.41, 5.74) is 0.327. The van der Waals surface area contributed by atoms with Crippen molar-refractivity contribution in [3.63, 3.8) is 0 Å². The number of esters is 1. The van der Waals surface area contributed by atoms with Crippen LogP contribution in [0.25, 0.3) is 0 Å². The van der Waals surface area contributed by atoms with Crippen LogP contribution in [-0.2, 0) is 4.74 Å². The average molecular weight is 471 g/mol. The molecule has 0 N–H and O–H groups in total. The molecule has 1 fully saturated rings. The molecule has 2 aliphatic rings. The Kier molecular flexibility index (Phi) is 6.05. The number of hydrogen-bond acceptors (Lipinski definition) is 7. The van der Waals surface area contributed by atoms with Crippen LogP contribution >= 0.6 is 22.9 Å². The van der Waals surface area contributed by atoms with Gasteiger partial charge in [-0.3, -0.25) is 0 Å². The highest BCUT2D eigenvalue weighted by atomic mass is 35.5. The van der Waals surface area contributed by atoms with Crippen LogP contribution in [0.1, 0.15) is 35.4 Å². The molecule has 8 nitrogen and oxygen atoms in total. The van der Waals surface area contributed by atoms with Crippen molar-refractivity contribution in [1.82, 2.24) is 14.9 Å². The van der Waals surface area contributed by atoms with Crippen LogP contribution in [-0.4, -0.2) is 58.9 Å². The summed E-state index contributed by atoms with van der Waals surface area (Å²) >= 11 is 7.02. The number of halogens is 3. The van der Waals surface area contributed by atoms with Gasteiger partial charge in [0.05, 0.1) is 25.7 Å². The van der Waals surface area contributed by atoms with Gasteiger partial charge >= 0.3 is 12.0 Å². The lowest BCUT2D eigenvalue weighted by Crippen LogP contribution is -2.58. The third-order valence-corrected chi connectivity index (χ3v) is 5.86. The summed E-state index contributed by atoms with van der Waals surface area (Å²) in [5.74, 6) is -2.05. The lowest BCUT2D eigenvalue weighted by molar-refractivity contribution is 0.0273. The van der Waals surface area contributed by atoms with E-state index in [-0.39, 0.29) is 41.0 Å². The first kappa shape index (κ1) is 21.4. The molecule has 1 aromatic heterocycles. The van der Waals surface area contributed by atoms with Crippen molar-refractivity contribution in [3.05, 3.63) is 45.4 Å². The summed E-state index contributed by atoms with van der Waals surface area (Å²) in [6.45, 7) is 2.40. The highest BCUT2D eigenvalue weighted by Gasteiger charge is 2.39. The summed E-state index contributed by atoms with van der Waals surface area (Å²) in [7, 11) is 0. The van der Waals surface area contributed by atoms with Crippen LogP contribution in [0.5, 0.6) is 5.19 Å². The van der Waals surface area contributed by atoms with Gasteiger partial charge in [-0.25, -0.2) is 23.4 Å². The number of ether oxygens (including phenoxy) is 2. The van der Waals surface area contributed by atoms with E-state index in [1.165, 1.54) is 28.3 Å². The molecular formula is C19H17ClF2N4O4S. The molecule has 0 aliphatic carbocycles. The number of likely N-dealkylation sites (tertiary alicyclic amines) is 1. The molecule has 1 aromatic carbocycles. The minimum atomic E-state index is -0.712.